The summed E-state index contributed by atoms with van der Waals surface area (Å²) >= 11 is 5.72. The minimum Gasteiger partial charge on any atom is -0.493 e. The number of aromatic nitrogens is 1. The quantitative estimate of drug-likeness (QED) is 0.808. The molecule has 0 spiro atoms. The maximum absolute atomic E-state index is 11.9. The van der Waals surface area contributed by atoms with E-state index in [1.54, 1.807) is 19.9 Å². The highest BCUT2D eigenvalue weighted by Gasteiger charge is 2.26. The molecule has 0 bridgehead atoms. The number of hydrogen-bond acceptors (Lipinski definition) is 4. The van der Waals surface area contributed by atoms with Gasteiger partial charge in [0.05, 0.1) is 24.4 Å². The normalized spacial score (nSPS) is 11.1. The smallest absolute Gasteiger partial charge is 0.231 e. The third kappa shape index (κ3) is 3.23. The Morgan fingerprint density at radius 1 is 1.65 bits per heavy atom. The van der Waals surface area contributed by atoms with Crippen LogP contribution < -0.4 is 15.8 Å². The molecule has 5 nitrogen and oxygen atoms in total. The molecule has 0 atom stereocenters. The summed E-state index contributed by atoms with van der Waals surface area (Å²) in [4.78, 5) is 15.8. The number of ether oxygens (including phenoxy) is 1. The fraction of sp³-hybridized carbons (Fsp3) is 0.455. The molecular formula is C11H16ClN3O2. The molecule has 0 aliphatic heterocycles. The Balaban J connectivity index is 2.86. The molecule has 0 unspecified atom stereocenters. The summed E-state index contributed by atoms with van der Waals surface area (Å²) in [6, 6.07) is 1.62. The summed E-state index contributed by atoms with van der Waals surface area (Å²) in [5, 5.41) is 2.71. The van der Waals surface area contributed by atoms with E-state index in [1.807, 2.05) is 0 Å². The summed E-state index contributed by atoms with van der Waals surface area (Å²) in [5.41, 5.74) is 5.46. The molecule has 1 heterocycles. The Kier molecular flexibility index (Phi) is 4.17. The molecule has 6 heteroatoms. The first kappa shape index (κ1) is 13.6. The number of halogens is 1. The predicted molar refractivity (Wildman–Crippen MR) is 68.3 cm³/mol. The lowest BCUT2D eigenvalue weighted by atomic mass is 9.95. The second kappa shape index (κ2) is 5.23. The van der Waals surface area contributed by atoms with Crippen LogP contribution in [0.15, 0.2) is 12.3 Å². The molecule has 1 aromatic heterocycles. The fourth-order valence-electron chi connectivity index (χ4n) is 1.05. The van der Waals surface area contributed by atoms with Crippen molar-refractivity contribution < 1.29 is 9.53 Å². The van der Waals surface area contributed by atoms with Crippen molar-refractivity contribution in [3.63, 3.8) is 0 Å². The van der Waals surface area contributed by atoms with Crippen LogP contribution in [0.4, 0.5) is 11.5 Å². The minimum atomic E-state index is -0.643. The Morgan fingerprint density at radius 2 is 2.29 bits per heavy atom. The maximum atomic E-state index is 11.9. The van der Waals surface area contributed by atoms with Gasteiger partial charge in [-0.15, -0.1) is 11.6 Å². The molecule has 0 saturated carbocycles. The van der Waals surface area contributed by atoms with Gasteiger partial charge in [-0.2, -0.15) is 0 Å². The number of carbonyl (C=O) groups is 1. The first-order valence-corrected chi connectivity index (χ1v) is 5.61. The molecule has 0 aliphatic rings. The zero-order valence-electron chi connectivity index (χ0n) is 10.1. The molecular weight excluding hydrogens is 242 g/mol. The van der Waals surface area contributed by atoms with E-state index in [9.17, 15) is 4.79 Å². The van der Waals surface area contributed by atoms with E-state index >= 15 is 0 Å². The van der Waals surface area contributed by atoms with Gasteiger partial charge in [0.2, 0.25) is 5.91 Å². The molecule has 0 aromatic carbocycles. The van der Waals surface area contributed by atoms with Gasteiger partial charge in [0.15, 0.2) is 11.6 Å². The first-order valence-electron chi connectivity index (χ1n) is 5.07. The van der Waals surface area contributed by atoms with Gasteiger partial charge in [-0.1, -0.05) is 0 Å². The van der Waals surface area contributed by atoms with Gasteiger partial charge in [0, 0.05) is 11.9 Å². The molecule has 94 valence electrons. The van der Waals surface area contributed by atoms with Crippen molar-refractivity contribution in [3.8, 4) is 5.75 Å². The Hall–Kier alpha value is -1.49. The van der Waals surface area contributed by atoms with Crippen LogP contribution in [-0.2, 0) is 4.79 Å². The van der Waals surface area contributed by atoms with Crippen LogP contribution in [0.3, 0.4) is 0 Å². The Bertz CT molecular complexity index is 421. The monoisotopic (exact) mass is 257 g/mol. The average Bonchev–Trinajstić information content (AvgIpc) is 2.31. The van der Waals surface area contributed by atoms with Crippen molar-refractivity contribution in [3.05, 3.63) is 12.3 Å². The van der Waals surface area contributed by atoms with Crippen LogP contribution >= 0.6 is 11.6 Å². The van der Waals surface area contributed by atoms with Crippen molar-refractivity contribution >= 4 is 29.0 Å². The Labute approximate surface area is 105 Å². The molecule has 1 aromatic rings. The van der Waals surface area contributed by atoms with E-state index in [1.165, 1.54) is 13.3 Å². The first-order chi connectivity index (χ1) is 7.90. The molecule has 1 amide bonds. The summed E-state index contributed by atoms with van der Waals surface area (Å²) in [5.74, 6) is 0.757. The zero-order valence-corrected chi connectivity index (χ0v) is 10.8. The van der Waals surface area contributed by atoms with Gasteiger partial charge in [-0.3, -0.25) is 4.79 Å². The summed E-state index contributed by atoms with van der Waals surface area (Å²) < 4.78 is 5.01. The molecule has 1 rings (SSSR count). The summed E-state index contributed by atoms with van der Waals surface area (Å²) in [6.45, 7) is 3.52. The molecule has 0 aliphatic carbocycles. The molecule has 3 N–H and O–H groups in total. The van der Waals surface area contributed by atoms with Gasteiger partial charge in [-0.25, -0.2) is 4.98 Å². The number of amides is 1. The number of nitrogens with zero attached hydrogens (tertiary/aromatic N) is 1. The number of alkyl halides is 1. The van der Waals surface area contributed by atoms with E-state index in [2.05, 4.69) is 10.3 Å². The summed E-state index contributed by atoms with van der Waals surface area (Å²) in [6.07, 6.45) is 1.47. The van der Waals surface area contributed by atoms with Crippen LogP contribution in [0.5, 0.6) is 5.75 Å². The van der Waals surface area contributed by atoms with Gasteiger partial charge >= 0.3 is 0 Å². The predicted octanol–water partition coefficient (Wildman–Crippen LogP) is 1.88. The standard InChI is InChI=1S/C11H16ClN3O2/c1-11(2,6-12)10(16)15-7-4-8(17-3)9(13)14-5-7/h4-5H,6H2,1-3H3,(H2,13,14)(H,15,16). The lowest BCUT2D eigenvalue weighted by Gasteiger charge is -2.20. The topological polar surface area (TPSA) is 77.2 Å². The van der Waals surface area contributed by atoms with E-state index in [0.29, 0.717) is 11.4 Å². The number of nitrogens with one attached hydrogen (secondary N) is 1. The number of anilines is 2. The van der Waals surface area contributed by atoms with Crippen LogP contribution in [-0.4, -0.2) is 23.9 Å². The molecule has 17 heavy (non-hydrogen) atoms. The third-order valence-corrected chi connectivity index (χ3v) is 2.98. The van der Waals surface area contributed by atoms with E-state index in [0.717, 1.165) is 0 Å². The number of methoxy groups -OCH3 is 1. The van der Waals surface area contributed by atoms with Crippen molar-refractivity contribution in [1.29, 1.82) is 0 Å². The van der Waals surface area contributed by atoms with Crippen LogP contribution in [0.25, 0.3) is 0 Å². The summed E-state index contributed by atoms with van der Waals surface area (Å²) in [7, 11) is 1.49. The second-order valence-electron chi connectivity index (χ2n) is 4.28. The van der Waals surface area contributed by atoms with Crippen LogP contribution in [0.2, 0.25) is 0 Å². The Morgan fingerprint density at radius 3 is 2.82 bits per heavy atom. The lowest BCUT2D eigenvalue weighted by Crippen LogP contribution is -2.32. The van der Waals surface area contributed by atoms with Crippen molar-refractivity contribution in [2.75, 3.05) is 24.0 Å². The number of carbonyl (C=O) groups excluding carboxylic acids is 1. The zero-order chi connectivity index (χ0) is 13.1. The largest absolute Gasteiger partial charge is 0.493 e. The minimum absolute atomic E-state index is 0.180. The van der Waals surface area contributed by atoms with Crippen molar-refractivity contribution in [1.82, 2.24) is 4.98 Å². The highest BCUT2D eigenvalue weighted by molar-refractivity contribution is 6.20. The fourth-order valence-corrected chi connectivity index (χ4v) is 1.17. The van der Waals surface area contributed by atoms with Gasteiger partial charge in [0.1, 0.15) is 0 Å². The molecule has 0 fully saturated rings. The number of rotatable bonds is 4. The van der Waals surface area contributed by atoms with Crippen LogP contribution in [0.1, 0.15) is 13.8 Å². The average molecular weight is 258 g/mol. The van der Waals surface area contributed by atoms with Crippen LogP contribution in [0, 0.1) is 5.41 Å². The number of hydrogen-bond donors (Lipinski definition) is 2. The van der Waals surface area contributed by atoms with Gasteiger partial charge < -0.3 is 15.8 Å². The molecule has 0 radical (unpaired) electrons. The van der Waals surface area contributed by atoms with E-state index in [-0.39, 0.29) is 17.6 Å². The van der Waals surface area contributed by atoms with E-state index in [4.69, 9.17) is 22.1 Å². The van der Waals surface area contributed by atoms with Gasteiger partial charge in [0.25, 0.3) is 0 Å². The van der Waals surface area contributed by atoms with Crippen molar-refractivity contribution in [2.45, 2.75) is 13.8 Å². The number of nitrogen functional groups attached to an aromatic ring is 1. The van der Waals surface area contributed by atoms with Crippen molar-refractivity contribution in [2.24, 2.45) is 5.41 Å². The van der Waals surface area contributed by atoms with E-state index < -0.39 is 5.41 Å². The number of nitrogens with two attached hydrogens (primary N) is 1. The highest BCUT2D eigenvalue weighted by atomic mass is 35.5. The number of pyridine rings is 1. The lowest BCUT2D eigenvalue weighted by molar-refractivity contribution is -0.122. The SMILES string of the molecule is COc1cc(NC(=O)C(C)(C)CCl)cnc1N. The molecule has 0 saturated heterocycles. The highest BCUT2D eigenvalue weighted by Crippen LogP contribution is 2.24. The maximum Gasteiger partial charge on any atom is 0.231 e. The third-order valence-electron chi connectivity index (χ3n) is 2.31. The second-order valence-corrected chi connectivity index (χ2v) is 4.55. The van der Waals surface area contributed by atoms with Gasteiger partial charge in [-0.05, 0) is 13.8 Å².